The van der Waals surface area contributed by atoms with Crippen LogP contribution in [0.5, 0.6) is 0 Å². The predicted molar refractivity (Wildman–Crippen MR) is 62.6 cm³/mol. The highest BCUT2D eigenvalue weighted by molar-refractivity contribution is 5.50. The molecule has 0 spiro atoms. The van der Waals surface area contributed by atoms with Crippen LogP contribution in [0.4, 0.5) is 11.6 Å². The fourth-order valence-corrected chi connectivity index (χ4v) is 1.37. The minimum Gasteiger partial charge on any atom is -0.323 e. The van der Waals surface area contributed by atoms with E-state index in [0.29, 0.717) is 5.92 Å². The highest BCUT2D eigenvalue weighted by atomic mass is 15.3. The van der Waals surface area contributed by atoms with Crippen LogP contribution < -0.4 is 5.32 Å². The monoisotopic (exact) mass is 217 g/mol. The molecule has 5 heteroatoms. The van der Waals surface area contributed by atoms with Gasteiger partial charge in [0.15, 0.2) is 5.82 Å². The van der Waals surface area contributed by atoms with E-state index in [9.17, 15) is 0 Å². The van der Waals surface area contributed by atoms with Crippen LogP contribution >= 0.6 is 0 Å². The van der Waals surface area contributed by atoms with Crippen molar-refractivity contribution in [2.45, 2.75) is 19.8 Å². The maximum absolute atomic E-state index is 4.23. The van der Waals surface area contributed by atoms with Gasteiger partial charge in [-0.05, 0) is 5.92 Å². The lowest BCUT2D eigenvalue weighted by molar-refractivity contribution is 0.770. The van der Waals surface area contributed by atoms with Crippen molar-refractivity contribution in [3.63, 3.8) is 0 Å². The average Bonchev–Trinajstić information content (AvgIpc) is 2.64. The number of rotatable bonds is 3. The molecule has 84 valence electrons. The van der Waals surface area contributed by atoms with Crippen LogP contribution in [0.2, 0.25) is 0 Å². The van der Waals surface area contributed by atoms with Crippen molar-refractivity contribution < 1.29 is 0 Å². The van der Waals surface area contributed by atoms with E-state index in [1.54, 1.807) is 11.0 Å². The molecule has 0 atom stereocenters. The van der Waals surface area contributed by atoms with E-state index < -0.39 is 0 Å². The molecule has 0 aromatic carbocycles. The lowest BCUT2D eigenvalue weighted by Gasteiger charge is -2.06. The molecular weight excluding hydrogens is 202 g/mol. The van der Waals surface area contributed by atoms with Crippen molar-refractivity contribution >= 4 is 11.6 Å². The molecule has 0 aliphatic heterocycles. The molecule has 2 rings (SSSR count). The Labute approximate surface area is 94.5 Å². The Kier molecular flexibility index (Phi) is 2.85. The van der Waals surface area contributed by atoms with Crippen LogP contribution in [0, 0.1) is 0 Å². The van der Waals surface area contributed by atoms with Crippen molar-refractivity contribution in [2.75, 3.05) is 5.32 Å². The molecule has 0 unspecified atom stereocenters. The normalized spacial score (nSPS) is 10.8. The number of nitrogens with one attached hydrogen (secondary N) is 1. The molecule has 2 heterocycles. The maximum atomic E-state index is 4.23. The summed E-state index contributed by atoms with van der Waals surface area (Å²) in [5, 5.41) is 7.36. The predicted octanol–water partition coefficient (Wildman–Crippen LogP) is 2.08. The van der Waals surface area contributed by atoms with Crippen LogP contribution in [0.1, 0.15) is 25.5 Å². The smallest absolute Gasteiger partial charge is 0.153 e. The highest BCUT2D eigenvalue weighted by Gasteiger charge is 2.04. The van der Waals surface area contributed by atoms with E-state index >= 15 is 0 Å². The Balaban J connectivity index is 2.18. The van der Waals surface area contributed by atoms with Crippen LogP contribution in [-0.4, -0.2) is 19.7 Å². The van der Waals surface area contributed by atoms with Gasteiger partial charge in [0, 0.05) is 31.1 Å². The standard InChI is InChI=1S/C11H15N5/c1-8(2)9-6-11(13-7-12-9)14-10-4-5-16(3)15-10/h4-8H,1-3H3,(H,12,13,14,15). The second-order valence-corrected chi connectivity index (χ2v) is 3.98. The number of hydrogen-bond acceptors (Lipinski definition) is 4. The lowest BCUT2D eigenvalue weighted by Crippen LogP contribution is -1.99. The first-order valence-corrected chi connectivity index (χ1v) is 5.24. The van der Waals surface area contributed by atoms with E-state index in [-0.39, 0.29) is 0 Å². The molecule has 5 nitrogen and oxygen atoms in total. The summed E-state index contributed by atoms with van der Waals surface area (Å²) in [6.07, 6.45) is 3.45. The topological polar surface area (TPSA) is 55.6 Å². The van der Waals surface area contributed by atoms with Crippen molar-refractivity contribution in [3.05, 3.63) is 30.4 Å². The zero-order valence-corrected chi connectivity index (χ0v) is 9.68. The van der Waals surface area contributed by atoms with Crippen molar-refractivity contribution in [2.24, 2.45) is 7.05 Å². The average molecular weight is 217 g/mol. The van der Waals surface area contributed by atoms with Gasteiger partial charge in [-0.3, -0.25) is 4.68 Å². The summed E-state index contributed by atoms with van der Waals surface area (Å²) in [5.41, 5.74) is 1.02. The first kappa shape index (κ1) is 10.6. The van der Waals surface area contributed by atoms with Gasteiger partial charge in [0.25, 0.3) is 0 Å². The first-order chi connectivity index (χ1) is 7.65. The van der Waals surface area contributed by atoms with Crippen molar-refractivity contribution in [3.8, 4) is 0 Å². The molecule has 0 radical (unpaired) electrons. The van der Waals surface area contributed by atoms with Gasteiger partial charge in [-0.25, -0.2) is 9.97 Å². The third-order valence-corrected chi connectivity index (χ3v) is 2.25. The second kappa shape index (κ2) is 4.30. The molecule has 0 fully saturated rings. The summed E-state index contributed by atoms with van der Waals surface area (Å²) in [6.45, 7) is 4.21. The molecule has 0 aliphatic rings. The van der Waals surface area contributed by atoms with Gasteiger partial charge in [0.2, 0.25) is 0 Å². The summed E-state index contributed by atoms with van der Waals surface area (Å²) in [4.78, 5) is 8.36. The highest BCUT2D eigenvalue weighted by Crippen LogP contribution is 2.16. The van der Waals surface area contributed by atoms with Gasteiger partial charge in [-0.15, -0.1) is 0 Å². The van der Waals surface area contributed by atoms with Crippen molar-refractivity contribution in [1.29, 1.82) is 0 Å². The third-order valence-electron chi connectivity index (χ3n) is 2.25. The van der Waals surface area contributed by atoms with Gasteiger partial charge in [0.1, 0.15) is 12.1 Å². The van der Waals surface area contributed by atoms with Crippen molar-refractivity contribution in [1.82, 2.24) is 19.7 Å². The van der Waals surface area contributed by atoms with Crippen LogP contribution in [0.15, 0.2) is 24.7 Å². The van der Waals surface area contributed by atoms with Crippen LogP contribution in [-0.2, 0) is 7.05 Å². The molecule has 2 aromatic rings. The van der Waals surface area contributed by atoms with Gasteiger partial charge in [-0.2, -0.15) is 5.10 Å². The molecule has 0 saturated carbocycles. The van der Waals surface area contributed by atoms with Gasteiger partial charge >= 0.3 is 0 Å². The SMILES string of the molecule is CC(C)c1cc(Nc2ccn(C)n2)ncn1. The second-order valence-electron chi connectivity index (χ2n) is 3.98. The molecule has 0 aliphatic carbocycles. The first-order valence-electron chi connectivity index (χ1n) is 5.24. The molecule has 1 N–H and O–H groups in total. The van der Waals surface area contributed by atoms with E-state index in [2.05, 4.69) is 34.2 Å². The summed E-state index contributed by atoms with van der Waals surface area (Å²) in [6, 6.07) is 3.84. The summed E-state index contributed by atoms with van der Waals surface area (Å²) in [5.74, 6) is 1.96. The van der Waals surface area contributed by atoms with Gasteiger partial charge < -0.3 is 5.32 Å². The van der Waals surface area contributed by atoms with Crippen LogP contribution in [0.25, 0.3) is 0 Å². The lowest BCUT2D eigenvalue weighted by atomic mass is 10.1. The zero-order valence-electron chi connectivity index (χ0n) is 9.68. The van der Waals surface area contributed by atoms with E-state index in [4.69, 9.17) is 0 Å². The Morgan fingerprint density at radius 3 is 2.69 bits per heavy atom. The Morgan fingerprint density at radius 1 is 1.25 bits per heavy atom. The Hall–Kier alpha value is -1.91. The van der Waals surface area contributed by atoms with E-state index in [1.807, 2.05) is 25.4 Å². The zero-order chi connectivity index (χ0) is 11.5. The summed E-state index contributed by atoms with van der Waals surface area (Å²) < 4.78 is 1.74. The van der Waals surface area contributed by atoms with Gasteiger partial charge in [-0.1, -0.05) is 13.8 Å². The number of aromatic nitrogens is 4. The molecule has 0 saturated heterocycles. The third kappa shape index (κ3) is 2.36. The fraction of sp³-hybridized carbons (Fsp3) is 0.364. The summed E-state index contributed by atoms with van der Waals surface area (Å²) >= 11 is 0. The van der Waals surface area contributed by atoms with E-state index in [0.717, 1.165) is 17.3 Å². The molecule has 0 bridgehead atoms. The largest absolute Gasteiger partial charge is 0.323 e. The number of anilines is 2. The van der Waals surface area contributed by atoms with E-state index in [1.165, 1.54) is 0 Å². The Bertz CT molecular complexity index is 475. The summed E-state index contributed by atoms with van der Waals surface area (Å²) in [7, 11) is 1.88. The quantitative estimate of drug-likeness (QED) is 0.855. The number of nitrogens with zero attached hydrogens (tertiary/aromatic N) is 4. The molecular formula is C11H15N5. The number of aryl methyl sites for hydroxylation is 1. The molecule has 2 aromatic heterocycles. The molecule has 16 heavy (non-hydrogen) atoms. The minimum atomic E-state index is 0.396. The maximum Gasteiger partial charge on any atom is 0.153 e. The van der Waals surface area contributed by atoms with Gasteiger partial charge in [0.05, 0.1) is 0 Å². The fourth-order valence-electron chi connectivity index (χ4n) is 1.37. The van der Waals surface area contributed by atoms with Crippen LogP contribution in [0.3, 0.4) is 0 Å². The number of hydrogen-bond donors (Lipinski definition) is 1. The Morgan fingerprint density at radius 2 is 2.06 bits per heavy atom. The molecule has 0 amide bonds. The minimum absolute atomic E-state index is 0.396.